The molecular formula is C14H14N2O3. The summed E-state index contributed by atoms with van der Waals surface area (Å²) in [5.41, 5.74) is 2.80. The van der Waals surface area contributed by atoms with Gasteiger partial charge in [-0.1, -0.05) is 0 Å². The molecule has 0 bridgehead atoms. The average Bonchev–Trinajstić information content (AvgIpc) is 2.83. The van der Waals surface area contributed by atoms with Crippen molar-refractivity contribution in [2.75, 3.05) is 0 Å². The maximum Gasteiger partial charge on any atom is 0.306 e. The molecule has 2 heterocycles. The van der Waals surface area contributed by atoms with Gasteiger partial charge in [0.2, 0.25) is 0 Å². The van der Waals surface area contributed by atoms with Crippen molar-refractivity contribution in [3.63, 3.8) is 0 Å². The van der Waals surface area contributed by atoms with Crippen molar-refractivity contribution in [1.82, 2.24) is 9.97 Å². The molecule has 1 N–H and O–H groups in total. The molecule has 1 aliphatic carbocycles. The lowest BCUT2D eigenvalue weighted by molar-refractivity contribution is -0.142. The molecule has 3 rings (SSSR count). The SMILES string of the molecule is Cc1occc1-c1ncc2c(n1)CCC(C(=O)O)C2. The zero-order valence-electron chi connectivity index (χ0n) is 10.6. The van der Waals surface area contributed by atoms with Gasteiger partial charge < -0.3 is 9.52 Å². The first kappa shape index (κ1) is 11.9. The molecule has 1 aliphatic rings. The largest absolute Gasteiger partial charge is 0.481 e. The molecule has 1 atom stereocenters. The predicted molar refractivity (Wildman–Crippen MR) is 67.6 cm³/mol. The van der Waals surface area contributed by atoms with Crippen LogP contribution in [0.2, 0.25) is 0 Å². The molecule has 0 aliphatic heterocycles. The predicted octanol–water partition coefficient (Wildman–Crippen LogP) is 2.23. The number of hydrogen-bond acceptors (Lipinski definition) is 4. The molecule has 0 aromatic carbocycles. The van der Waals surface area contributed by atoms with Crippen molar-refractivity contribution < 1.29 is 14.3 Å². The Hall–Kier alpha value is -2.17. The van der Waals surface area contributed by atoms with Crippen molar-refractivity contribution in [2.45, 2.75) is 26.2 Å². The Labute approximate surface area is 110 Å². The average molecular weight is 258 g/mol. The zero-order chi connectivity index (χ0) is 13.4. The Morgan fingerprint density at radius 2 is 2.37 bits per heavy atom. The number of aromatic nitrogens is 2. The van der Waals surface area contributed by atoms with Crippen molar-refractivity contribution >= 4 is 5.97 Å². The summed E-state index contributed by atoms with van der Waals surface area (Å²) in [4.78, 5) is 19.9. The van der Waals surface area contributed by atoms with Gasteiger partial charge in [0, 0.05) is 11.9 Å². The maximum atomic E-state index is 11.0. The fraction of sp³-hybridized carbons (Fsp3) is 0.357. The summed E-state index contributed by atoms with van der Waals surface area (Å²) < 4.78 is 5.25. The molecule has 98 valence electrons. The molecule has 0 fully saturated rings. The van der Waals surface area contributed by atoms with Crippen molar-refractivity contribution in [3.8, 4) is 11.4 Å². The van der Waals surface area contributed by atoms with Crippen molar-refractivity contribution in [1.29, 1.82) is 0 Å². The molecule has 0 spiro atoms. The molecule has 0 saturated heterocycles. The van der Waals surface area contributed by atoms with Crippen LogP contribution in [0.15, 0.2) is 22.9 Å². The monoisotopic (exact) mass is 258 g/mol. The molecular weight excluding hydrogens is 244 g/mol. The second kappa shape index (κ2) is 4.50. The number of carbonyl (C=O) groups is 1. The van der Waals surface area contributed by atoms with Gasteiger partial charge in [-0.2, -0.15) is 0 Å². The Morgan fingerprint density at radius 3 is 3.05 bits per heavy atom. The molecule has 0 amide bonds. The van der Waals surface area contributed by atoms with Crippen LogP contribution in [0.25, 0.3) is 11.4 Å². The van der Waals surface area contributed by atoms with Crippen LogP contribution in [-0.4, -0.2) is 21.0 Å². The van der Waals surface area contributed by atoms with Gasteiger partial charge in [-0.25, -0.2) is 9.97 Å². The highest BCUT2D eigenvalue weighted by molar-refractivity contribution is 5.71. The maximum absolute atomic E-state index is 11.0. The van der Waals surface area contributed by atoms with E-state index in [9.17, 15) is 4.79 Å². The van der Waals surface area contributed by atoms with Crippen LogP contribution in [0.4, 0.5) is 0 Å². The molecule has 2 aromatic rings. The summed E-state index contributed by atoms with van der Waals surface area (Å²) >= 11 is 0. The summed E-state index contributed by atoms with van der Waals surface area (Å²) in [6.07, 6.45) is 5.23. The Balaban J connectivity index is 1.94. The third-order valence-corrected chi connectivity index (χ3v) is 3.60. The second-order valence-electron chi connectivity index (χ2n) is 4.83. The Morgan fingerprint density at radius 1 is 1.53 bits per heavy atom. The summed E-state index contributed by atoms with van der Waals surface area (Å²) in [5, 5.41) is 9.05. The van der Waals surface area contributed by atoms with Gasteiger partial charge in [-0.05, 0) is 37.8 Å². The highest BCUT2D eigenvalue weighted by Gasteiger charge is 2.25. The van der Waals surface area contributed by atoms with E-state index in [4.69, 9.17) is 9.52 Å². The number of rotatable bonds is 2. The standard InChI is InChI=1S/C14H14N2O3/c1-8-11(4-5-19-8)13-15-7-10-6-9(14(17)18)2-3-12(10)16-13/h4-5,7,9H,2-3,6H2,1H3,(H,17,18). The fourth-order valence-electron chi connectivity index (χ4n) is 2.47. The number of aryl methyl sites for hydroxylation is 2. The quantitative estimate of drug-likeness (QED) is 0.893. The van der Waals surface area contributed by atoms with Gasteiger partial charge in [0.1, 0.15) is 5.76 Å². The summed E-state index contributed by atoms with van der Waals surface area (Å²) in [6.45, 7) is 1.87. The first-order chi connectivity index (χ1) is 9.15. The second-order valence-corrected chi connectivity index (χ2v) is 4.83. The van der Waals surface area contributed by atoms with E-state index in [-0.39, 0.29) is 5.92 Å². The van der Waals surface area contributed by atoms with Crippen LogP contribution in [-0.2, 0) is 17.6 Å². The number of nitrogens with zero attached hydrogens (tertiary/aromatic N) is 2. The minimum atomic E-state index is -0.736. The number of furan rings is 1. The van der Waals surface area contributed by atoms with E-state index in [2.05, 4.69) is 9.97 Å². The number of carboxylic acid groups (broad SMARTS) is 1. The van der Waals surface area contributed by atoms with Crippen molar-refractivity contribution in [3.05, 3.63) is 35.5 Å². The highest BCUT2D eigenvalue weighted by Crippen LogP contribution is 2.27. The summed E-state index contributed by atoms with van der Waals surface area (Å²) in [7, 11) is 0. The number of hydrogen-bond donors (Lipinski definition) is 1. The molecule has 5 nitrogen and oxygen atoms in total. The first-order valence-electron chi connectivity index (χ1n) is 6.27. The Kier molecular flexibility index (Phi) is 2.81. The lowest BCUT2D eigenvalue weighted by Gasteiger charge is -2.20. The summed E-state index contributed by atoms with van der Waals surface area (Å²) in [6, 6.07) is 1.85. The van der Waals surface area contributed by atoms with E-state index in [1.807, 2.05) is 13.0 Å². The number of carboxylic acids is 1. The van der Waals surface area contributed by atoms with Crippen molar-refractivity contribution in [2.24, 2.45) is 5.92 Å². The normalized spacial score (nSPS) is 18.1. The van der Waals surface area contributed by atoms with E-state index in [1.165, 1.54) is 0 Å². The molecule has 5 heteroatoms. The van der Waals surface area contributed by atoms with Crippen LogP contribution >= 0.6 is 0 Å². The molecule has 0 radical (unpaired) electrons. The van der Waals surface area contributed by atoms with Crippen LogP contribution in [0.1, 0.15) is 23.4 Å². The van der Waals surface area contributed by atoms with Crippen LogP contribution in [0.3, 0.4) is 0 Å². The fourth-order valence-corrected chi connectivity index (χ4v) is 2.47. The minimum absolute atomic E-state index is 0.308. The van der Waals surface area contributed by atoms with Gasteiger partial charge in [0.25, 0.3) is 0 Å². The third kappa shape index (κ3) is 2.12. The zero-order valence-corrected chi connectivity index (χ0v) is 10.6. The van der Waals surface area contributed by atoms with E-state index in [0.717, 1.165) is 22.6 Å². The lowest BCUT2D eigenvalue weighted by Crippen LogP contribution is -2.23. The summed E-state index contributed by atoms with van der Waals surface area (Å²) in [5.74, 6) is 0.399. The van der Waals surface area contributed by atoms with Crippen LogP contribution in [0.5, 0.6) is 0 Å². The molecule has 1 unspecified atom stereocenters. The van der Waals surface area contributed by atoms with Crippen LogP contribution in [0, 0.1) is 12.8 Å². The molecule has 2 aromatic heterocycles. The van der Waals surface area contributed by atoms with Gasteiger partial charge in [-0.3, -0.25) is 4.79 Å². The van der Waals surface area contributed by atoms with E-state index in [0.29, 0.717) is 25.1 Å². The number of aliphatic carboxylic acids is 1. The lowest BCUT2D eigenvalue weighted by atomic mass is 9.87. The van der Waals surface area contributed by atoms with E-state index >= 15 is 0 Å². The van der Waals surface area contributed by atoms with Crippen LogP contribution < -0.4 is 0 Å². The van der Waals surface area contributed by atoms with E-state index in [1.54, 1.807) is 12.5 Å². The van der Waals surface area contributed by atoms with Gasteiger partial charge in [-0.15, -0.1) is 0 Å². The van der Waals surface area contributed by atoms with Gasteiger partial charge in [0.05, 0.1) is 17.7 Å². The Bertz CT molecular complexity index is 633. The first-order valence-corrected chi connectivity index (χ1v) is 6.27. The third-order valence-electron chi connectivity index (χ3n) is 3.60. The van der Waals surface area contributed by atoms with Gasteiger partial charge >= 0.3 is 5.97 Å². The van der Waals surface area contributed by atoms with Gasteiger partial charge in [0.15, 0.2) is 5.82 Å². The molecule has 0 saturated carbocycles. The smallest absolute Gasteiger partial charge is 0.306 e. The number of fused-ring (bicyclic) bond motifs is 1. The minimum Gasteiger partial charge on any atom is -0.481 e. The highest BCUT2D eigenvalue weighted by atomic mass is 16.4. The topological polar surface area (TPSA) is 76.2 Å². The van der Waals surface area contributed by atoms with E-state index < -0.39 is 5.97 Å². The molecule has 19 heavy (non-hydrogen) atoms.